The number of likely N-dealkylation sites (tertiary alicyclic amines) is 1. The van der Waals surface area contributed by atoms with Gasteiger partial charge in [-0.05, 0) is 31.9 Å². The Morgan fingerprint density at radius 2 is 2.05 bits per heavy atom. The molecule has 116 valence electrons. The van der Waals surface area contributed by atoms with Gasteiger partial charge < -0.3 is 15.3 Å². The third-order valence-electron chi connectivity index (χ3n) is 4.65. The number of aryl methyl sites for hydroxylation is 1. The van der Waals surface area contributed by atoms with Crippen LogP contribution in [-0.4, -0.2) is 34.7 Å². The lowest BCUT2D eigenvalue weighted by molar-refractivity contribution is -0.0946. The summed E-state index contributed by atoms with van der Waals surface area (Å²) in [5.74, 6) is 0. The van der Waals surface area contributed by atoms with Crippen molar-refractivity contribution in [1.29, 1.82) is 0 Å². The van der Waals surface area contributed by atoms with Gasteiger partial charge in [0.05, 0.1) is 16.3 Å². The number of urea groups is 1. The Bertz CT molecular complexity index is 535. The summed E-state index contributed by atoms with van der Waals surface area (Å²) in [6.45, 7) is 8.74. The van der Waals surface area contributed by atoms with E-state index < -0.39 is 5.60 Å². The number of halogens is 1. The van der Waals surface area contributed by atoms with Crippen LogP contribution in [0.5, 0.6) is 0 Å². The van der Waals surface area contributed by atoms with Gasteiger partial charge in [0.15, 0.2) is 0 Å². The number of rotatable bonds is 1. The van der Waals surface area contributed by atoms with Crippen LogP contribution < -0.4 is 5.32 Å². The highest BCUT2D eigenvalue weighted by molar-refractivity contribution is 6.33. The first-order valence-corrected chi connectivity index (χ1v) is 7.55. The average Bonchev–Trinajstić information content (AvgIpc) is 2.37. The van der Waals surface area contributed by atoms with Crippen molar-refractivity contribution in [2.75, 3.05) is 18.4 Å². The Balaban J connectivity index is 2.12. The number of hydrogen-bond acceptors (Lipinski definition) is 2. The van der Waals surface area contributed by atoms with Crippen LogP contribution in [-0.2, 0) is 0 Å². The minimum atomic E-state index is -0.760. The molecule has 1 aliphatic heterocycles. The van der Waals surface area contributed by atoms with Gasteiger partial charge in [-0.25, -0.2) is 4.79 Å². The van der Waals surface area contributed by atoms with E-state index >= 15 is 0 Å². The molecular weight excluding hydrogens is 288 g/mol. The molecule has 1 aliphatic rings. The summed E-state index contributed by atoms with van der Waals surface area (Å²) < 4.78 is 0. The molecule has 0 unspecified atom stereocenters. The zero-order valence-corrected chi connectivity index (χ0v) is 13.8. The molecule has 2 amide bonds. The number of amides is 2. The molecule has 1 fully saturated rings. The van der Waals surface area contributed by atoms with Crippen LogP contribution in [0.1, 0.15) is 32.8 Å². The number of hydrogen-bond donors (Lipinski definition) is 2. The second kappa shape index (κ2) is 5.50. The Morgan fingerprint density at radius 1 is 1.38 bits per heavy atom. The maximum absolute atomic E-state index is 12.4. The number of benzene rings is 1. The van der Waals surface area contributed by atoms with Gasteiger partial charge in [0.25, 0.3) is 0 Å². The second-order valence-electron chi connectivity index (χ2n) is 6.69. The highest BCUT2D eigenvalue weighted by Crippen LogP contribution is 2.38. The molecule has 0 saturated carbocycles. The van der Waals surface area contributed by atoms with Crippen molar-refractivity contribution in [2.24, 2.45) is 5.41 Å². The first kappa shape index (κ1) is 16.1. The van der Waals surface area contributed by atoms with Crippen molar-refractivity contribution in [2.45, 2.75) is 39.7 Å². The number of piperidine rings is 1. The molecule has 1 saturated heterocycles. The molecule has 1 heterocycles. The predicted molar refractivity (Wildman–Crippen MR) is 85.8 cm³/mol. The van der Waals surface area contributed by atoms with Crippen molar-refractivity contribution in [1.82, 2.24) is 4.90 Å². The van der Waals surface area contributed by atoms with Crippen LogP contribution in [0.4, 0.5) is 10.5 Å². The SMILES string of the molecule is Cc1cccc(Cl)c1NC(=O)N1CC[C@@](C)(O)C(C)(C)C1. The summed E-state index contributed by atoms with van der Waals surface area (Å²) in [4.78, 5) is 14.2. The normalized spacial score (nSPS) is 24.8. The molecule has 4 nitrogen and oxygen atoms in total. The van der Waals surface area contributed by atoms with Crippen LogP contribution in [0.15, 0.2) is 18.2 Å². The smallest absolute Gasteiger partial charge is 0.321 e. The van der Waals surface area contributed by atoms with E-state index in [1.807, 2.05) is 39.8 Å². The fourth-order valence-electron chi connectivity index (χ4n) is 2.57. The predicted octanol–water partition coefficient (Wildman–Crippen LogP) is 3.66. The van der Waals surface area contributed by atoms with Crippen molar-refractivity contribution in [3.05, 3.63) is 28.8 Å². The van der Waals surface area contributed by atoms with Crippen LogP contribution in [0.2, 0.25) is 5.02 Å². The van der Waals surface area contributed by atoms with Crippen molar-refractivity contribution in [3.8, 4) is 0 Å². The molecule has 1 aromatic carbocycles. The summed E-state index contributed by atoms with van der Waals surface area (Å²) in [5.41, 5.74) is 0.473. The standard InChI is InChI=1S/C16H23ClN2O2/c1-11-6-5-7-12(17)13(11)18-14(20)19-9-8-16(4,21)15(2,3)10-19/h5-7,21H,8-10H2,1-4H3,(H,18,20)/t16-/m1/s1. The highest BCUT2D eigenvalue weighted by atomic mass is 35.5. The van der Waals surface area contributed by atoms with Gasteiger partial charge in [-0.1, -0.05) is 37.6 Å². The van der Waals surface area contributed by atoms with Crippen LogP contribution >= 0.6 is 11.6 Å². The van der Waals surface area contributed by atoms with E-state index in [1.54, 1.807) is 11.0 Å². The molecule has 0 aromatic heterocycles. The largest absolute Gasteiger partial charge is 0.389 e. The number of anilines is 1. The fourth-order valence-corrected chi connectivity index (χ4v) is 2.84. The van der Waals surface area contributed by atoms with Gasteiger partial charge in [0.1, 0.15) is 0 Å². The van der Waals surface area contributed by atoms with E-state index in [0.717, 1.165) is 5.56 Å². The lowest BCUT2D eigenvalue weighted by atomic mass is 9.71. The second-order valence-corrected chi connectivity index (χ2v) is 7.10. The maximum Gasteiger partial charge on any atom is 0.321 e. The number of nitrogens with zero attached hydrogens (tertiary/aromatic N) is 1. The van der Waals surface area contributed by atoms with E-state index in [9.17, 15) is 9.90 Å². The monoisotopic (exact) mass is 310 g/mol. The minimum absolute atomic E-state index is 0.172. The van der Waals surface area contributed by atoms with Crippen molar-refractivity contribution < 1.29 is 9.90 Å². The molecule has 1 aromatic rings. The first-order valence-electron chi connectivity index (χ1n) is 7.17. The third kappa shape index (κ3) is 3.16. The molecular formula is C16H23ClN2O2. The minimum Gasteiger partial charge on any atom is -0.389 e. The van der Waals surface area contributed by atoms with E-state index in [4.69, 9.17) is 11.6 Å². The molecule has 2 N–H and O–H groups in total. The summed E-state index contributed by atoms with van der Waals surface area (Å²) in [7, 11) is 0. The third-order valence-corrected chi connectivity index (χ3v) is 4.97. The Morgan fingerprint density at radius 3 is 2.62 bits per heavy atom. The molecule has 0 spiro atoms. The lowest BCUT2D eigenvalue weighted by Gasteiger charge is -2.48. The first-order chi connectivity index (χ1) is 9.64. The zero-order chi connectivity index (χ0) is 15.8. The Kier molecular flexibility index (Phi) is 4.22. The summed E-state index contributed by atoms with van der Waals surface area (Å²) in [5, 5.41) is 13.8. The average molecular weight is 311 g/mol. The topological polar surface area (TPSA) is 52.6 Å². The lowest BCUT2D eigenvalue weighted by Crippen LogP contribution is -2.57. The molecule has 0 aliphatic carbocycles. The van der Waals surface area contributed by atoms with E-state index in [1.165, 1.54) is 0 Å². The fraction of sp³-hybridized carbons (Fsp3) is 0.562. The van der Waals surface area contributed by atoms with Crippen LogP contribution in [0.3, 0.4) is 0 Å². The zero-order valence-electron chi connectivity index (χ0n) is 13.0. The Labute approximate surface area is 131 Å². The van der Waals surface area contributed by atoms with Gasteiger partial charge in [-0.2, -0.15) is 0 Å². The van der Waals surface area contributed by atoms with E-state index in [-0.39, 0.29) is 11.4 Å². The van der Waals surface area contributed by atoms with E-state index in [0.29, 0.717) is 30.2 Å². The summed E-state index contributed by atoms with van der Waals surface area (Å²) in [6.07, 6.45) is 0.564. The van der Waals surface area contributed by atoms with Gasteiger partial charge in [-0.3, -0.25) is 0 Å². The summed E-state index contributed by atoms with van der Waals surface area (Å²) >= 11 is 6.14. The quantitative estimate of drug-likeness (QED) is 0.831. The summed E-state index contributed by atoms with van der Waals surface area (Å²) in [6, 6.07) is 5.35. The number of para-hydroxylation sites is 1. The van der Waals surface area contributed by atoms with Gasteiger partial charge in [0, 0.05) is 18.5 Å². The number of carbonyl (C=O) groups excluding carboxylic acids is 1. The van der Waals surface area contributed by atoms with Crippen LogP contribution in [0.25, 0.3) is 0 Å². The molecule has 0 bridgehead atoms. The highest BCUT2D eigenvalue weighted by Gasteiger charge is 2.45. The van der Waals surface area contributed by atoms with Gasteiger partial charge >= 0.3 is 6.03 Å². The number of carbonyl (C=O) groups is 1. The van der Waals surface area contributed by atoms with Crippen molar-refractivity contribution >= 4 is 23.3 Å². The van der Waals surface area contributed by atoms with Gasteiger partial charge in [-0.15, -0.1) is 0 Å². The number of nitrogens with one attached hydrogen (secondary N) is 1. The van der Waals surface area contributed by atoms with Crippen LogP contribution in [0, 0.1) is 12.3 Å². The van der Waals surface area contributed by atoms with Crippen molar-refractivity contribution in [3.63, 3.8) is 0 Å². The van der Waals surface area contributed by atoms with E-state index in [2.05, 4.69) is 5.32 Å². The molecule has 1 atom stereocenters. The van der Waals surface area contributed by atoms with Gasteiger partial charge in [0.2, 0.25) is 0 Å². The molecule has 5 heteroatoms. The Hall–Kier alpha value is -1.26. The number of aliphatic hydroxyl groups is 1. The maximum atomic E-state index is 12.4. The molecule has 21 heavy (non-hydrogen) atoms. The molecule has 2 rings (SSSR count). The molecule has 0 radical (unpaired) electrons.